The first-order chi connectivity index (χ1) is 8.86. The molecule has 2 nitrogen and oxygen atoms in total. The predicted molar refractivity (Wildman–Crippen MR) is 84.4 cm³/mol. The predicted octanol–water partition coefficient (Wildman–Crippen LogP) is 3.53. The lowest BCUT2D eigenvalue weighted by Gasteiger charge is -2.30. The van der Waals surface area contributed by atoms with Crippen LogP contribution >= 0.6 is 0 Å². The lowest BCUT2D eigenvalue weighted by Crippen LogP contribution is -2.41. The van der Waals surface area contributed by atoms with Gasteiger partial charge in [-0.25, -0.2) is 0 Å². The normalized spacial score (nSPS) is 13.6. The maximum atomic E-state index is 5.90. The molecule has 108 valence electrons. The van der Waals surface area contributed by atoms with E-state index in [9.17, 15) is 0 Å². The Balaban J connectivity index is 2.89. The molecule has 0 saturated heterocycles. The molecule has 0 fully saturated rings. The number of benzene rings is 1. The van der Waals surface area contributed by atoms with Crippen molar-refractivity contribution >= 4 is 0 Å². The van der Waals surface area contributed by atoms with E-state index in [0.717, 1.165) is 13.1 Å². The van der Waals surface area contributed by atoms with Crippen LogP contribution in [0.25, 0.3) is 0 Å². The van der Waals surface area contributed by atoms with Gasteiger partial charge in [-0.3, -0.25) is 4.90 Å². The molecule has 1 aromatic carbocycles. The fourth-order valence-corrected chi connectivity index (χ4v) is 2.57. The quantitative estimate of drug-likeness (QED) is 0.849. The minimum absolute atomic E-state index is 0.446. The fourth-order valence-electron chi connectivity index (χ4n) is 2.57. The summed E-state index contributed by atoms with van der Waals surface area (Å²) in [6.45, 7) is 12.9. The van der Waals surface area contributed by atoms with Gasteiger partial charge in [0.05, 0.1) is 0 Å². The Labute approximate surface area is 119 Å². The van der Waals surface area contributed by atoms with Crippen molar-refractivity contribution in [3.8, 4) is 0 Å². The Kier molecular flexibility index (Phi) is 6.02. The van der Waals surface area contributed by atoms with Crippen molar-refractivity contribution in [3.63, 3.8) is 0 Å². The topological polar surface area (TPSA) is 29.3 Å². The van der Waals surface area contributed by atoms with Crippen LogP contribution in [-0.4, -0.2) is 24.5 Å². The zero-order valence-electron chi connectivity index (χ0n) is 13.4. The molecule has 0 amide bonds. The van der Waals surface area contributed by atoms with E-state index in [0.29, 0.717) is 17.9 Å². The summed E-state index contributed by atoms with van der Waals surface area (Å²) >= 11 is 0. The van der Waals surface area contributed by atoms with Gasteiger partial charge in [0.25, 0.3) is 0 Å². The minimum Gasteiger partial charge on any atom is -0.329 e. The van der Waals surface area contributed by atoms with Gasteiger partial charge in [0.1, 0.15) is 0 Å². The van der Waals surface area contributed by atoms with Crippen molar-refractivity contribution in [2.45, 2.75) is 53.1 Å². The molecular formula is C17H30N2. The van der Waals surface area contributed by atoms with E-state index in [1.54, 1.807) is 0 Å². The molecule has 0 aliphatic rings. The van der Waals surface area contributed by atoms with Crippen LogP contribution in [0.4, 0.5) is 0 Å². The summed E-state index contributed by atoms with van der Waals surface area (Å²) in [5, 5.41) is 0. The molecule has 0 heterocycles. The summed E-state index contributed by atoms with van der Waals surface area (Å²) in [4.78, 5) is 2.39. The van der Waals surface area contributed by atoms with Crippen LogP contribution in [0, 0.1) is 12.8 Å². The number of nitrogens with zero attached hydrogens (tertiary/aromatic N) is 1. The number of nitrogens with two attached hydrogens (primary N) is 1. The molecule has 0 aromatic heterocycles. The second-order valence-electron chi connectivity index (χ2n) is 6.30. The second kappa shape index (κ2) is 7.06. The van der Waals surface area contributed by atoms with Crippen molar-refractivity contribution < 1.29 is 0 Å². The zero-order chi connectivity index (χ0) is 14.6. The summed E-state index contributed by atoms with van der Waals surface area (Å²) in [7, 11) is 2.18. The van der Waals surface area contributed by atoms with Crippen LogP contribution in [-0.2, 0) is 6.54 Å². The highest BCUT2D eigenvalue weighted by Crippen LogP contribution is 2.21. The van der Waals surface area contributed by atoms with E-state index in [1.807, 2.05) is 0 Å². The second-order valence-corrected chi connectivity index (χ2v) is 6.30. The first-order valence-corrected chi connectivity index (χ1v) is 7.36. The molecule has 0 bridgehead atoms. The Morgan fingerprint density at radius 3 is 2.26 bits per heavy atom. The van der Waals surface area contributed by atoms with Gasteiger partial charge >= 0.3 is 0 Å². The van der Waals surface area contributed by atoms with Gasteiger partial charge in [-0.2, -0.15) is 0 Å². The highest BCUT2D eigenvalue weighted by atomic mass is 15.1. The molecule has 2 N–H and O–H groups in total. The molecule has 1 aromatic rings. The molecule has 0 radical (unpaired) electrons. The summed E-state index contributed by atoms with van der Waals surface area (Å²) < 4.78 is 0. The van der Waals surface area contributed by atoms with Crippen LogP contribution in [0.15, 0.2) is 18.2 Å². The van der Waals surface area contributed by atoms with Gasteiger partial charge < -0.3 is 5.73 Å². The lowest BCUT2D eigenvalue weighted by molar-refractivity contribution is 0.189. The first kappa shape index (κ1) is 16.2. The molecule has 1 unspecified atom stereocenters. The SMILES string of the molecule is Cc1ccc(C(C)C)cc1CN(C)C(CN)C(C)C. The van der Waals surface area contributed by atoms with Gasteiger partial charge in [-0.05, 0) is 42.5 Å². The van der Waals surface area contributed by atoms with Gasteiger partial charge in [0.2, 0.25) is 0 Å². The lowest BCUT2D eigenvalue weighted by atomic mass is 9.96. The van der Waals surface area contributed by atoms with E-state index in [1.165, 1.54) is 16.7 Å². The third kappa shape index (κ3) is 4.32. The van der Waals surface area contributed by atoms with E-state index in [2.05, 4.69) is 64.8 Å². The first-order valence-electron chi connectivity index (χ1n) is 7.36. The van der Waals surface area contributed by atoms with E-state index in [-0.39, 0.29) is 0 Å². The van der Waals surface area contributed by atoms with Gasteiger partial charge in [0, 0.05) is 19.1 Å². The zero-order valence-corrected chi connectivity index (χ0v) is 13.4. The van der Waals surface area contributed by atoms with Crippen molar-refractivity contribution in [2.75, 3.05) is 13.6 Å². The molecule has 0 aliphatic heterocycles. The number of aryl methyl sites for hydroxylation is 1. The highest BCUT2D eigenvalue weighted by Gasteiger charge is 2.17. The average molecular weight is 262 g/mol. The minimum atomic E-state index is 0.446. The van der Waals surface area contributed by atoms with Crippen molar-refractivity contribution in [1.82, 2.24) is 4.90 Å². The highest BCUT2D eigenvalue weighted by molar-refractivity contribution is 5.32. The molecule has 1 rings (SSSR count). The largest absolute Gasteiger partial charge is 0.329 e. The average Bonchev–Trinajstić information content (AvgIpc) is 2.31. The summed E-state index contributed by atoms with van der Waals surface area (Å²) in [6.07, 6.45) is 0. The Morgan fingerprint density at radius 2 is 1.79 bits per heavy atom. The van der Waals surface area contributed by atoms with Gasteiger partial charge in [0.15, 0.2) is 0 Å². The number of likely N-dealkylation sites (N-methyl/N-ethyl adjacent to an activating group) is 1. The number of hydrogen-bond acceptors (Lipinski definition) is 2. The monoisotopic (exact) mass is 262 g/mol. The molecular weight excluding hydrogens is 232 g/mol. The van der Waals surface area contributed by atoms with Crippen LogP contribution < -0.4 is 5.73 Å². The summed E-state index contributed by atoms with van der Waals surface area (Å²) in [6, 6.07) is 7.28. The van der Waals surface area contributed by atoms with E-state index < -0.39 is 0 Å². The van der Waals surface area contributed by atoms with Crippen molar-refractivity contribution in [2.24, 2.45) is 11.7 Å². The fraction of sp³-hybridized carbons (Fsp3) is 0.647. The molecule has 0 aliphatic carbocycles. The third-order valence-corrected chi connectivity index (χ3v) is 4.04. The summed E-state index contributed by atoms with van der Waals surface area (Å²) in [5.41, 5.74) is 10.1. The van der Waals surface area contributed by atoms with Crippen molar-refractivity contribution in [3.05, 3.63) is 34.9 Å². The standard InChI is InChI=1S/C17H30N2/c1-12(2)15-8-7-14(5)16(9-15)11-19(6)17(10-18)13(3)4/h7-9,12-13,17H,10-11,18H2,1-6H3. The molecule has 1 atom stereocenters. The Morgan fingerprint density at radius 1 is 1.16 bits per heavy atom. The van der Waals surface area contributed by atoms with E-state index in [4.69, 9.17) is 5.73 Å². The smallest absolute Gasteiger partial charge is 0.0241 e. The Bertz CT molecular complexity index is 396. The van der Waals surface area contributed by atoms with Crippen molar-refractivity contribution in [1.29, 1.82) is 0 Å². The number of hydrogen-bond donors (Lipinski definition) is 1. The maximum Gasteiger partial charge on any atom is 0.0241 e. The van der Waals surface area contributed by atoms with Crippen LogP contribution in [0.1, 0.15) is 50.3 Å². The van der Waals surface area contributed by atoms with Crippen LogP contribution in [0.5, 0.6) is 0 Å². The Hall–Kier alpha value is -0.860. The maximum absolute atomic E-state index is 5.90. The summed E-state index contributed by atoms with van der Waals surface area (Å²) in [5.74, 6) is 1.17. The molecule has 0 spiro atoms. The van der Waals surface area contributed by atoms with Gasteiger partial charge in [-0.1, -0.05) is 45.9 Å². The van der Waals surface area contributed by atoms with E-state index >= 15 is 0 Å². The third-order valence-electron chi connectivity index (χ3n) is 4.04. The van der Waals surface area contributed by atoms with Crippen LogP contribution in [0.3, 0.4) is 0 Å². The molecule has 0 saturated carbocycles. The number of rotatable bonds is 6. The van der Waals surface area contributed by atoms with Crippen LogP contribution in [0.2, 0.25) is 0 Å². The molecule has 19 heavy (non-hydrogen) atoms. The molecule has 2 heteroatoms. The van der Waals surface area contributed by atoms with Gasteiger partial charge in [-0.15, -0.1) is 0 Å².